The third-order valence-corrected chi connectivity index (χ3v) is 5.31. The molecule has 0 spiro atoms. The molecule has 0 saturated heterocycles. The van der Waals surface area contributed by atoms with Crippen LogP contribution in [0.3, 0.4) is 0 Å². The molecule has 0 bridgehead atoms. The summed E-state index contributed by atoms with van der Waals surface area (Å²) >= 11 is 5.44. The average Bonchev–Trinajstić information content (AvgIpc) is 2.77. The smallest absolute Gasteiger partial charge is 0.190 e. The average molecular weight is 505 g/mol. The maximum absolute atomic E-state index is 14.6. The van der Waals surface area contributed by atoms with Crippen molar-refractivity contribution in [2.45, 2.75) is 31.5 Å². The SMILES string of the molecule is C#CCOC[C@H](O)COc1c(F)cc(C(C)(C)c2cc(F)c(OC[C@H](O)CCl)c(F)c2)cc1F. The summed E-state index contributed by atoms with van der Waals surface area (Å²) in [4.78, 5) is 0. The van der Waals surface area contributed by atoms with E-state index in [1.807, 2.05) is 0 Å². The monoisotopic (exact) mass is 504 g/mol. The van der Waals surface area contributed by atoms with Crippen LogP contribution in [0.1, 0.15) is 25.0 Å². The molecule has 0 aliphatic rings. The molecule has 0 amide bonds. The lowest BCUT2D eigenvalue weighted by atomic mass is 9.78. The Kier molecular flexibility index (Phi) is 10.0. The van der Waals surface area contributed by atoms with E-state index < -0.39 is 65.6 Å². The van der Waals surface area contributed by atoms with E-state index in [9.17, 15) is 27.8 Å². The third kappa shape index (κ3) is 7.00. The maximum atomic E-state index is 14.6. The normalized spacial score (nSPS) is 13.3. The Morgan fingerprint density at radius 3 is 1.65 bits per heavy atom. The maximum Gasteiger partial charge on any atom is 0.190 e. The summed E-state index contributed by atoms with van der Waals surface area (Å²) in [5.74, 6) is -3.60. The molecule has 34 heavy (non-hydrogen) atoms. The van der Waals surface area contributed by atoms with Crippen LogP contribution in [0.15, 0.2) is 24.3 Å². The van der Waals surface area contributed by atoms with Crippen LogP contribution in [0.5, 0.6) is 11.5 Å². The molecule has 2 rings (SSSR count). The number of aliphatic hydroxyl groups is 2. The second-order valence-electron chi connectivity index (χ2n) is 7.97. The lowest BCUT2D eigenvalue weighted by Gasteiger charge is -2.27. The molecular formula is C24H25ClF4O5. The molecule has 2 aromatic rings. The van der Waals surface area contributed by atoms with E-state index in [0.717, 1.165) is 24.3 Å². The van der Waals surface area contributed by atoms with Gasteiger partial charge in [0.25, 0.3) is 0 Å². The highest BCUT2D eigenvalue weighted by molar-refractivity contribution is 6.18. The Labute approximate surface area is 200 Å². The van der Waals surface area contributed by atoms with Crippen molar-refractivity contribution in [2.75, 3.05) is 32.3 Å². The van der Waals surface area contributed by atoms with Gasteiger partial charge in [-0.05, 0) is 35.4 Å². The highest BCUT2D eigenvalue weighted by Gasteiger charge is 2.29. The number of hydrogen-bond donors (Lipinski definition) is 2. The third-order valence-electron chi connectivity index (χ3n) is 4.95. The molecular weight excluding hydrogens is 480 g/mol. The molecule has 0 aliphatic heterocycles. The second-order valence-corrected chi connectivity index (χ2v) is 8.27. The Hall–Kier alpha value is -2.51. The fourth-order valence-corrected chi connectivity index (χ4v) is 3.08. The number of rotatable bonds is 12. The molecule has 0 heterocycles. The Balaban J connectivity index is 2.24. The number of ether oxygens (including phenoxy) is 3. The van der Waals surface area contributed by atoms with Gasteiger partial charge in [-0.3, -0.25) is 0 Å². The number of halogens is 5. The molecule has 0 aromatic heterocycles. The second kappa shape index (κ2) is 12.3. The summed E-state index contributed by atoms with van der Waals surface area (Å²) in [5, 5.41) is 19.2. The first-order chi connectivity index (χ1) is 16.0. The summed E-state index contributed by atoms with van der Waals surface area (Å²) in [7, 11) is 0. The minimum Gasteiger partial charge on any atom is -0.485 e. The number of benzene rings is 2. The van der Waals surface area contributed by atoms with Gasteiger partial charge in [0, 0.05) is 5.41 Å². The number of alkyl halides is 1. The van der Waals surface area contributed by atoms with E-state index in [0.29, 0.717) is 0 Å². The van der Waals surface area contributed by atoms with Crippen LogP contribution < -0.4 is 9.47 Å². The Bertz CT molecular complexity index is 979. The van der Waals surface area contributed by atoms with Crippen molar-refractivity contribution in [1.29, 1.82) is 0 Å². The van der Waals surface area contributed by atoms with Crippen LogP contribution in [-0.2, 0) is 10.2 Å². The summed E-state index contributed by atoms with van der Waals surface area (Å²) in [5.41, 5.74) is -1.06. The van der Waals surface area contributed by atoms with Crippen LogP contribution in [0.25, 0.3) is 0 Å². The number of terminal acetylenes is 1. The first-order valence-electron chi connectivity index (χ1n) is 10.2. The molecule has 0 radical (unpaired) electrons. The van der Waals surface area contributed by atoms with Crippen molar-refractivity contribution in [2.24, 2.45) is 0 Å². The van der Waals surface area contributed by atoms with Gasteiger partial charge in [-0.15, -0.1) is 18.0 Å². The van der Waals surface area contributed by atoms with E-state index in [1.54, 1.807) is 0 Å². The zero-order chi connectivity index (χ0) is 25.5. The zero-order valence-electron chi connectivity index (χ0n) is 18.6. The van der Waals surface area contributed by atoms with E-state index in [1.165, 1.54) is 13.8 Å². The topological polar surface area (TPSA) is 68.2 Å². The summed E-state index contributed by atoms with van der Waals surface area (Å²) < 4.78 is 73.3. The molecule has 2 atom stereocenters. The van der Waals surface area contributed by atoms with Crippen LogP contribution >= 0.6 is 11.6 Å². The van der Waals surface area contributed by atoms with Crippen LogP contribution in [-0.4, -0.2) is 54.7 Å². The van der Waals surface area contributed by atoms with Crippen LogP contribution in [0.2, 0.25) is 0 Å². The van der Waals surface area contributed by atoms with Crippen molar-refractivity contribution >= 4 is 11.6 Å². The summed E-state index contributed by atoms with van der Waals surface area (Å²) in [6, 6.07) is 3.93. The van der Waals surface area contributed by atoms with Crippen molar-refractivity contribution in [1.82, 2.24) is 0 Å². The molecule has 2 aromatic carbocycles. The van der Waals surface area contributed by atoms with Gasteiger partial charge in [0.2, 0.25) is 0 Å². The molecule has 0 fully saturated rings. The number of aliphatic hydroxyl groups excluding tert-OH is 2. The zero-order valence-corrected chi connectivity index (χ0v) is 19.3. The number of hydrogen-bond acceptors (Lipinski definition) is 5. The van der Waals surface area contributed by atoms with Crippen molar-refractivity contribution < 1.29 is 42.0 Å². The van der Waals surface area contributed by atoms with Gasteiger partial charge in [0.1, 0.15) is 32.0 Å². The molecule has 186 valence electrons. The molecule has 0 aliphatic carbocycles. The van der Waals surface area contributed by atoms with E-state index in [-0.39, 0.29) is 30.2 Å². The van der Waals surface area contributed by atoms with Gasteiger partial charge < -0.3 is 24.4 Å². The molecule has 5 nitrogen and oxygen atoms in total. The quantitative estimate of drug-likeness (QED) is 0.198. The van der Waals surface area contributed by atoms with Gasteiger partial charge in [0.15, 0.2) is 34.8 Å². The summed E-state index contributed by atoms with van der Waals surface area (Å²) in [6.07, 6.45) is 2.74. The van der Waals surface area contributed by atoms with Gasteiger partial charge in [-0.1, -0.05) is 19.8 Å². The molecule has 0 saturated carbocycles. The van der Waals surface area contributed by atoms with Crippen LogP contribution in [0.4, 0.5) is 17.6 Å². The van der Waals surface area contributed by atoms with E-state index >= 15 is 0 Å². The minimum absolute atomic E-state index is 0.0345. The van der Waals surface area contributed by atoms with Crippen LogP contribution in [0, 0.1) is 35.6 Å². The Morgan fingerprint density at radius 2 is 1.26 bits per heavy atom. The van der Waals surface area contributed by atoms with Crippen molar-refractivity contribution in [3.63, 3.8) is 0 Å². The largest absolute Gasteiger partial charge is 0.485 e. The predicted molar refractivity (Wildman–Crippen MR) is 118 cm³/mol. The van der Waals surface area contributed by atoms with E-state index in [4.69, 9.17) is 32.2 Å². The van der Waals surface area contributed by atoms with E-state index in [2.05, 4.69) is 5.92 Å². The van der Waals surface area contributed by atoms with Crippen molar-refractivity contribution in [3.8, 4) is 23.8 Å². The predicted octanol–water partition coefficient (Wildman–Crippen LogP) is 3.94. The van der Waals surface area contributed by atoms with Gasteiger partial charge in [-0.25, -0.2) is 17.6 Å². The lowest BCUT2D eigenvalue weighted by molar-refractivity contribution is 0.0211. The minimum atomic E-state index is -1.22. The first-order valence-corrected chi connectivity index (χ1v) is 10.7. The van der Waals surface area contributed by atoms with Gasteiger partial charge in [-0.2, -0.15) is 0 Å². The summed E-state index contributed by atoms with van der Waals surface area (Å²) in [6.45, 7) is 1.98. The first kappa shape index (κ1) is 27.7. The van der Waals surface area contributed by atoms with Gasteiger partial charge in [0.05, 0.1) is 12.5 Å². The molecule has 2 N–H and O–H groups in total. The highest BCUT2D eigenvalue weighted by atomic mass is 35.5. The van der Waals surface area contributed by atoms with Crippen molar-refractivity contribution in [3.05, 3.63) is 58.7 Å². The molecule has 0 unspecified atom stereocenters. The van der Waals surface area contributed by atoms with Gasteiger partial charge >= 0.3 is 0 Å². The standard InChI is InChI=1S/C24H25ClF4O5/c1-4-5-32-11-17(31)13-34-23-20(28)8-15(9-21(23)29)24(2,3)14-6-18(26)22(19(27)7-14)33-12-16(30)10-25/h1,6-9,16-17,30-31H,5,10-13H2,2-3H3/t16-,17+/m1/s1. The lowest BCUT2D eigenvalue weighted by Crippen LogP contribution is -2.25. The highest BCUT2D eigenvalue weighted by Crippen LogP contribution is 2.37. The fraction of sp³-hybridized carbons (Fsp3) is 0.417. The fourth-order valence-electron chi connectivity index (χ4n) is 2.99. The molecule has 10 heteroatoms. The Morgan fingerprint density at radius 1 is 0.853 bits per heavy atom.